The molecule has 2 N–H and O–H groups in total. The molecule has 1 aromatic carbocycles. The van der Waals surface area contributed by atoms with E-state index in [1.54, 1.807) is 6.07 Å². The van der Waals surface area contributed by atoms with Crippen molar-refractivity contribution in [3.8, 4) is 0 Å². The third kappa shape index (κ3) is 4.04. The first-order chi connectivity index (χ1) is 10.9. The van der Waals surface area contributed by atoms with Crippen LogP contribution in [0.1, 0.15) is 43.8 Å². The molecule has 1 saturated heterocycles. The summed E-state index contributed by atoms with van der Waals surface area (Å²) < 4.78 is 39.2. The molecule has 23 heavy (non-hydrogen) atoms. The van der Waals surface area contributed by atoms with Gasteiger partial charge < -0.3 is 9.47 Å². The van der Waals surface area contributed by atoms with Crippen LogP contribution in [-0.4, -0.2) is 26.9 Å². The number of hydrogen-bond acceptors (Lipinski definition) is 5. The Balaban J connectivity index is 1.85. The van der Waals surface area contributed by atoms with Gasteiger partial charge in [0.1, 0.15) is 12.2 Å². The van der Waals surface area contributed by atoms with E-state index in [2.05, 4.69) is 0 Å². The van der Waals surface area contributed by atoms with Crippen molar-refractivity contribution in [3.63, 3.8) is 0 Å². The maximum Gasteiger partial charge on any atom is 0.333 e. The molecule has 8 heteroatoms. The van der Waals surface area contributed by atoms with E-state index in [0.717, 1.165) is 37.7 Å². The molecular weight excluding hydrogens is 342 g/mol. The average molecular weight is 362 g/mol. The Morgan fingerprint density at radius 1 is 1.22 bits per heavy atom. The van der Waals surface area contributed by atoms with Gasteiger partial charge in [-0.2, -0.15) is 8.42 Å². The minimum absolute atomic E-state index is 0.198. The van der Waals surface area contributed by atoms with Crippen molar-refractivity contribution in [2.24, 2.45) is 5.14 Å². The van der Waals surface area contributed by atoms with Gasteiger partial charge in [-0.05, 0) is 18.9 Å². The van der Waals surface area contributed by atoms with Crippen molar-refractivity contribution >= 4 is 21.9 Å². The molecule has 0 amide bonds. The number of hydrogen-bond donors (Lipinski definition) is 1. The van der Waals surface area contributed by atoms with E-state index in [4.69, 9.17) is 30.4 Å². The second-order valence-electron chi connectivity index (χ2n) is 5.96. The minimum atomic E-state index is -4.04. The first kappa shape index (κ1) is 17.1. The molecule has 3 rings (SSSR count). The van der Waals surface area contributed by atoms with Crippen LogP contribution in [0.3, 0.4) is 0 Å². The third-order valence-corrected chi connectivity index (χ3v) is 5.08. The second kappa shape index (κ2) is 6.66. The van der Waals surface area contributed by atoms with Gasteiger partial charge in [-0.25, -0.2) is 5.14 Å². The summed E-state index contributed by atoms with van der Waals surface area (Å²) in [6.45, 7) is -0.198. The van der Waals surface area contributed by atoms with E-state index >= 15 is 0 Å². The fourth-order valence-corrected chi connectivity index (χ4v) is 3.82. The number of benzene rings is 1. The van der Waals surface area contributed by atoms with Crippen LogP contribution >= 0.6 is 11.6 Å². The molecule has 6 nitrogen and oxygen atoms in total. The van der Waals surface area contributed by atoms with Crippen LogP contribution in [0.5, 0.6) is 0 Å². The van der Waals surface area contributed by atoms with Crippen molar-refractivity contribution in [2.45, 2.75) is 50.1 Å². The van der Waals surface area contributed by atoms with Gasteiger partial charge in [0.25, 0.3) is 0 Å². The van der Waals surface area contributed by atoms with Crippen LogP contribution in [0.2, 0.25) is 5.02 Å². The van der Waals surface area contributed by atoms with E-state index in [1.807, 2.05) is 18.2 Å². The van der Waals surface area contributed by atoms with Gasteiger partial charge in [-0.15, -0.1) is 0 Å². The molecule has 0 radical (unpaired) electrons. The lowest BCUT2D eigenvalue weighted by Crippen LogP contribution is -2.34. The maximum absolute atomic E-state index is 11.1. The Morgan fingerprint density at radius 3 is 2.57 bits per heavy atom. The highest BCUT2D eigenvalue weighted by molar-refractivity contribution is 7.84. The van der Waals surface area contributed by atoms with Crippen molar-refractivity contribution in [1.29, 1.82) is 0 Å². The van der Waals surface area contributed by atoms with E-state index in [1.165, 1.54) is 0 Å². The van der Waals surface area contributed by atoms with Gasteiger partial charge in [-0.1, -0.05) is 36.2 Å². The third-order valence-electron chi connectivity index (χ3n) is 4.27. The Bertz CT molecular complexity index is 660. The average Bonchev–Trinajstić information content (AvgIpc) is 2.84. The smallest absolute Gasteiger partial charge is 0.333 e. The van der Waals surface area contributed by atoms with Crippen LogP contribution in [0.15, 0.2) is 24.3 Å². The fourth-order valence-electron chi connectivity index (χ4n) is 3.25. The van der Waals surface area contributed by atoms with Crippen LogP contribution in [0, 0.1) is 0 Å². The predicted molar refractivity (Wildman–Crippen MR) is 85.0 cm³/mol. The Hall–Kier alpha value is -0.700. The number of nitrogens with two attached hydrogens (primary N) is 1. The normalized spacial score (nSPS) is 27.4. The van der Waals surface area contributed by atoms with E-state index < -0.39 is 28.3 Å². The van der Waals surface area contributed by atoms with Gasteiger partial charge in [0.15, 0.2) is 5.79 Å². The van der Waals surface area contributed by atoms with Gasteiger partial charge in [0.05, 0.1) is 6.61 Å². The minimum Gasteiger partial charge on any atom is -0.341 e. The molecule has 2 atom stereocenters. The summed E-state index contributed by atoms with van der Waals surface area (Å²) in [5.41, 5.74) is 0.764. The van der Waals surface area contributed by atoms with Crippen LogP contribution < -0.4 is 5.14 Å². The monoisotopic (exact) mass is 361 g/mol. The topological polar surface area (TPSA) is 87.9 Å². The summed E-state index contributed by atoms with van der Waals surface area (Å²) in [6, 6.07) is 7.30. The molecule has 0 unspecified atom stereocenters. The zero-order valence-electron chi connectivity index (χ0n) is 12.6. The molecule has 1 aliphatic heterocycles. The van der Waals surface area contributed by atoms with Crippen molar-refractivity contribution in [3.05, 3.63) is 34.9 Å². The lowest BCUT2D eigenvalue weighted by atomic mass is 9.94. The number of ether oxygens (including phenoxy) is 2. The molecule has 128 valence electrons. The highest BCUT2D eigenvalue weighted by atomic mass is 35.5. The lowest BCUT2D eigenvalue weighted by Gasteiger charge is -2.32. The first-order valence-corrected chi connectivity index (χ1v) is 9.51. The fraction of sp³-hybridized carbons (Fsp3) is 0.600. The molecule has 1 heterocycles. The van der Waals surface area contributed by atoms with Gasteiger partial charge in [-0.3, -0.25) is 4.18 Å². The summed E-state index contributed by atoms with van der Waals surface area (Å²) in [4.78, 5) is 0. The molecule has 1 aromatic rings. The maximum atomic E-state index is 11.1. The molecule has 2 aliphatic rings. The van der Waals surface area contributed by atoms with Crippen LogP contribution in [0.4, 0.5) is 0 Å². The van der Waals surface area contributed by atoms with Gasteiger partial charge in [0, 0.05) is 23.4 Å². The zero-order chi connectivity index (χ0) is 16.5. The first-order valence-electron chi connectivity index (χ1n) is 7.66. The molecule has 1 aliphatic carbocycles. The highest BCUT2D eigenvalue weighted by Crippen LogP contribution is 2.47. The number of rotatable bonds is 4. The van der Waals surface area contributed by atoms with E-state index in [9.17, 15) is 8.42 Å². The van der Waals surface area contributed by atoms with E-state index in [-0.39, 0.29) is 6.61 Å². The van der Waals surface area contributed by atoms with Crippen molar-refractivity contribution in [1.82, 2.24) is 0 Å². The Kier molecular flexibility index (Phi) is 4.96. The highest BCUT2D eigenvalue weighted by Gasteiger charge is 2.49. The quantitative estimate of drug-likeness (QED) is 0.890. The van der Waals surface area contributed by atoms with Crippen LogP contribution in [0.25, 0.3) is 0 Å². The molecule has 0 bridgehead atoms. The molecular formula is C15H20ClNO5S. The lowest BCUT2D eigenvalue weighted by molar-refractivity contribution is -0.196. The molecule has 2 fully saturated rings. The second-order valence-corrected chi connectivity index (χ2v) is 7.59. The summed E-state index contributed by atoms with van der Waals surface area (Å²) in [5.74, 6) is -0.686. The van der Waals surface area contributed by atoms with Crippen LogP contribution in [-0.2, 0) is 24.0 Å². The van der Waals surface area contributed by atoms with Crippen molar-refractivity contribution < 1.29 is 22.1 Å². The summed E-state index contributed by atoms with van der Waals surface area (Å²) in [7, 11) is -4.04. The number of halogens is 1. The largest absolute Gasteiger partial charge is 0.341 e. The predicted octanol–water partition coefficient (Wildman–Crippen LogP) is 2.68. The molecule has 1 saturated carbocycles. The summed E-state index contributed by atoms with van der Waals surface area (Å²) >= 11 is 6.27. The summed E-state index contributed by atoms with van der Waals surface area (Å²) in [6.07, 6.45) is 3.66. The molecule has 1 spiro atoms. The van der Waals surface area contributed by atoms with Crippen molar-refractivity contribution in [2.75, 3.05) is 6.61 Å². The van der Waals surface area contributed by atoms with E-state index in [0.29, 0.717) is 5.02 Å². The van der Waals surface area contributed by atoms with Gasteiger partial charge >= 0.3 is 10.3 Å². The SMILES string of the molecule is NS(=O)(=O)OC[C@H]1OC2(CCCCC2)O[C@@H]1c1ccccc1Cl. The zero-order valence-corrected chi connectivity index (χ0v) is 14.2. The van der Waals surface area contributed by atoms with Gasteiger partial charge in [0.2, 0.25) is 0 Å². The summed E-state index contributed by atoms with van der Waals surface area (Å²) in [5, 5.41) is 5.48. The Labute approximate surface area is 141 Å². The standard InChI is InChI=1S/C15H20ClNO5S/c16-12-7-3-2-6-11(12)14-13(10-20-23(17,18)19)21-15(22-14)8-4-1-5-9-15/h2-3,6-7,13-14H,1,4-5,8-10H2,(H2,17,18,19)/t13-,14-/m1/s1. The Morgan fingerprint density at radius 2 is 1.91 bits per heavy atom. The molecule has 0 aromatic heterocycles.